The van der Waals surface area contributed by atoms with Crippen LogP contribution in [0.2, 0.25) is 0 Å². The van der Waals surface area contributed by atoms with E-state index in [0.29, 0.717) is 26.2 Å². The zero-order chi connectivity index (χ0) is 14.9. The average Bonchev–Trinajstić information content (AvgIpc) is 2.30. The van der Waals surface area contributed by atoms with Gasteiger partial charge in [0, 0.05) is 32.7 Å². The Balaban J connectivity index is 4.08. The van der Waals surface area contributed by atoms with Crippen molar-refractivity contribution >= 4 is 6.09 Å². The maximum Gasteiger partial charge on any atom is 0.410 e. The van der Waals surface area contributed by atoms with Crippen molar-refractivity contribution in [3.8, 4) is 0 Å². The molecule has 0 saturated carbocycles. The van der Waals surface area contributed by atoms with E-state index in [9.17, 15) is 9.90 Å². The Morgan fingerprint density at radius 2 is 2.05 bits per heavy atom. The number of carbonyl (C=O) groups excluding carboxylic acids is 1. The highest BCUT2D eigenvalue weighted by atomic mass is 16.6. The summed E-state index contributed by atoms with van der Waals surface area (Å²) in [5, 5.41) is 12.4. The minimum Gasteiger partial charge on any atom is -0.444 e. The van der Waals surface area contributed by atoms with Crippen LogP contribution in [0.15, 0.2) is 0 Å². The van der Waals surface area contributed by atoms with Crippen molar-refractivity contribution in [1.29, 1.82) is 0 Å². The van der Waals surface area contributed by atoms with Gasteiger partial charge in [-0.15, -0.1) is 0 Å². The Morgan fingerprint density at radius 1 is 1.42 bits per heavy atom. The monoisotopic (exact) mass is 275 g/mol. The minimum absolute atomic E-state index is 0.234. The van der Waals surface area contributed by atoms with Crippen molar-refractivity contribution < 1.29 is 14.6 Å². The molecule has 6 nitrogen and oxygen atoms in total. The molecule has 0 fully saturated rings. The van der Waals surface area contributed by atoms with E-state index in [1.165, 1.54) is 0 Å². The predicted molar refractivity (Wildman–Crippen MR) is 76.0 cm³/mol. The van der Waals surface area contributed by atoms with E-state index in [0.717, 1.165) is 6.42 Å². The van der Waals surface area contributed by atoms with Crippen LogP contribution in [-0.4, -0.2) is 60.5 Å². The number of aliphatic hydroxyl groups is 1. The summed E-state index contributed by atoms with van der Waals surface area (Å²) >= 11 is 0. The van der Waals surface area contributed by atoms with Gasteiger partial charge in [0.25, 0.3) is 0 Å². The lowest BCUT2D eigenvalue weighted by Gasteiger charge is -2.27. The summed E-state index contributed by atoms with van der Waals surface area (Å²) in [6, 6.07) is 0. The number of nitrogens with two attached hydrogens (primary N) is 1. The summed E-state index contributed by atoms with van der Waals surface area (Å²) in [5.74, 6) is 0. The van der Waals surface area contributed by atoms with Crippen molar-refractivity contribution in [3.05, 3.63) is 0 Å². The molecule has 0 bridgehead atoms. The van der Waals surface area contributed by atoms with E-state index in [1.54, 1.807) is 4.90 Å². The van der Waals surface area contributed by atoms with Gasteiger partial charge < -0.3 is 25.8 Å². The van der Waals surface area contributed by atoms with E-state index in [2.05, 4.69) is 5.32 Å². The van der Waals surface area contributed by atoms with Crippen LogP contribution in [0, 0.1) is 0 Å². The molecule has 0 aromatic rings. The van der Waals surface area contributed by atoms with E-state index < -0.39 is 11.7 Å². The summed E-state index contributed by atoms with van der Waals surface area (Å²) in [7, 11) is 0. The van der Waals surface area contributed by atoms with Crippen LogP contribution >= 0.6 is 0 Å². The summed E-state index contributed by atoms with van der Waals surface area (Å²) in [5.41, 5.74) is 4.82. The lowest BCUT2D eigenvalue weighted by Crippen LogP contribution is -2.42. The molecule has 0 radical (unpaired) electrons. The molecule has 1 amide bonds. The van der Waals surface area contributed by atoms with Gasteiger partial charge in [0.2, 0.25) is 0 Å². The zero-order valence-corrected chi connectivity index (χ0v) is 12.6. The van der Waals surface area contributed by atoms with Crippen molar-refractivity contribution in [2.75, 3.05) is 32.7 Å². The number of nitrogens with one attached hydrogen (secondary N) is 1. The highest BCUT2D eigenvalue weighted by Crippen LogP contribution is 2.09. The maximum absolute atomic E-state index is 11.9. The SMILES string of the molecule is CCCN(CCNC[C@H](O)CN)C(=O)OC(C)(C)C. The lowest BCUT2D eigenvalue weighted by molar-refractivity contribution is 0.0251. The molecule has 0 aliphatic heterocycles. The normalized spacial score (nSPS) is 13.2. The second-order valence-corrected chi connectivity index (χ2v) is 5.56. The fraction of sp³-hybridized carbons (Fsp3) is 0.923. The number of aliphatic hydroxyl groups excluding tert-OH is 1. The molecule has 6 heteroatoms. The van der Waals surface area contributed by atoms with Gasteiger partial charge in [-0.25, -0.2) is 4.79 Å². The van der Waals surface area contributed by atoms with E-state index in [4.69, 9.17) is 10.5 Å². The van der Waals surface area contributed by atoms with E-state index in [1.807, 2.05) is 27.7 Å². The number of nitrogens with zero attached hydrogens (tertiary/aromatic N) is 1. The molecule has 0 saturated heterocycles. The zero-order valence-electron chi connectivity index (χ0n) is 12.6. The Kier molecular flexibility index (Phi) is 8.71. The lowest BCUT2D eigenvalue weighted by atomic mass is 10.2. The molecular weight excluding hydrogens is 246 g/mol. The third kappa shape index (κ3) is 9.69. The first-order valence-corrected chi connectivity index (χ1v) is 6.87. The summed E-state index contributed by atoms with van der Waals surface area (Å²) in [6.45, 7) is 10.1. The van der Waals surface area contributed by atoms with E-state index in [-0.39, 0.29) is 12.6 Å². The fourth-order valence-corrected chi connectivity index (χ4v) is 1.46. The average molecular weight is 275 g/mol. The Hall–Kier alpha value is -0.850. The Labute approximate surface area is 116 Å². The first-order valence-electron chi connectivity index (χ1n) is 6.87. The van der Waals surface area contributed by atoms with Crippen molar-refractivity contribution in [3.63, 3.8) is 0 Å². The second kappa shape index (κ2) is 9.12. The Morgan fingerprint density at radius 3 is 2.53 bits per heavy atom. The van der Waals surface area contributed by atoms with Crippen molar-refractivity contribution in [1.82, 2.24) is 10.2 Å². The molecule has 4 N–H and O–H groups in total. The summed E-state index contributed by atoms with van der Waals surface area (Å²) < 4.78 is 5.34. The molecule has 0 rings (SSSR count). The van der Waals surface area contributed by atoms with Crippen LogP contribution in [0.5, 0.6) is 0 Å². The molecule has 0 spiro atoms. The van der Waals surface area contributed by atoms with Gasteiger partial charge in [-0.2, -0.15) is 0 Å². The highest BCUT2D eigenvalue weighted by Gasteiger charge is 2.21. The number of ether oxygens (including phenoxy) is 1. The number of amides is 1. The predicted octanol–water partition coefficient (Wildman–Crippen LogP) is 0.543. The first-order chi connectivity index (χ1) is 8.80. The standard InChI is InChI=1S/C13H29N3O3/c1-5-7-16(12(18)19-13(2,3)4)8-6-15-10-11(17)9-14/h11,15,17H,5-10,14H2,1-4H3/t11-/m1/s1. The van der Waals surface area contributed by atoms with Crippen molar-refractivity contribution in [2.45, 2.75) is 45.8 Å². The summed E-state index contributed by atoms with van der Waals surface area (Å²) in [6.07, 6.45) is 0.0432. The molecule has 114 valence electrons. The van der Waals surface area contributed by atoms with Crippen LogP contribution in [0.1, 0.15) is 34.1 Å². The van der Waals surface area contributed by atoms with Crippen LogP contribution in [-0.2, 0) is 4.74 Å². The second-order valence-electron chi connectivity index (χ2n) is 5.56. The maximum atomic E-state index is 11.9. The number of rotatable bonds is 8. The first kappa shape index (κ1) is 18.1. The Bertz CT molecular complexity index is 254. The highest BCUT2D eigenvalue weighted by molar-refractivity contribution is 5.68. The third-order valence-electron chi connectivity index (χ3n) is 2.36. The van der Waals surface area contributed by atoms with Gasteiger partial charge in [0.15, 0.2) is 0 Å². The molecule has 1 atom stereocenters. The van der Waals surface area contributed by atoms with Crippen LogP contribution in [0.25, 0.3) is 0 Å². The molecule has 0 unspecified atom stereocenters. The molecule has 0 heterocycles. The minimum atomic E-state index is -0.541. The molecule has 0 aromatic heterocycles. The van der Waals surface area contributed by atoms with Gasteiger partial charge in [-0.05, 0) is 27.2 Å². The molecule has 0 aliphatic rings. The quantitative estimate of drug-likeness (QED) is 0.563. The topological polar surface area (TPSA) is 87.8 Å². The van der Waals surface area contributed by atoms with Gasteiger partial charge in [-0.3, -0.25) is 0 Å². The number of hydrogen-bond donors (Lipinski definition) is 3. The molecule has 19 heavy (non-hydrogen) atoms. The van der Waals surface area contributed by atoms with Gasteiger partial charge >= 0.3 is 6.09 Å². The summed E-state index contributed by atoms with van der Waals surface area (Å²) in [4.78, 5) is 13.6. The molecule has 0 aliphatic carbocycles. The van der Waals surface area contributed by atoms with Crippen molar-refractivity contribution in [2.24, 2.45) is 5.73 Å². The van der Waals surface area contributed by atoms with E-state index >= 15 is 0 Å². The van der Waals surface area contributed by atoms with Crippen LogP contribution in [0.3, 0.4) is 0 Å². The smallest absolute Gasteiger partial charge is 0.410 e. The molecule has 0 aromatic carbocycles. The fourth-order valence-electron chi connectivity index (χ4n) is 1.46. The van der Waals surface area contributed by atoms with Gasteiger partial charge in [0.1, 0.15) is 5.60 Å². The van der Waals surface area contributed by atoms with Crippen LogP contribution < -0.4 is 11.1 Å². The van der Waals surface area contributed by atoms with Gasteiger partial charge in [0.05, 0.1) is 6.10 Å². The largest absolute Gasteiger partial charge is 0.444 e. The van der Waals surface area contributed by atoms with Gasteiger partial charge in [-0.1, -0.05) is 6.92 Å². The third-order valence-corrected chi connectivity index (χ3v) is 2.36. The van der Waals surface area contributed by atoms with Crippen LogP contribution in [0.4, 0.5) is 4.79 Å². The molecular formula is C13H29N3O3. The number of hydrogen-bond acceptors (Lipinski definition) is 5. The number of carbonyl (C=O) groups is 1.